The molecule has 2 heterocycles. The predicted molar refractivity (Wildman–Crippen MR) is 124 cm³/mol. The first-order valence-corrected chi connectivity index (χ1v) is 10.2. The molecule has 0 bridgehead atoms. The lowest BCUT2D eigenvalue weighted by Crippen LogP contribution is -2.12. The molecule has 0 aliphatic rings. The zero-order valence-electron chi connectivity index (χ0n) is 17.9. The number of aryl methyl sites for hydroxylation is 2. The average Bonchev–Trinajstić information content (AvgIpc) is 3.25. The van der Waals surface area contributed by atoms with Gasteiger partial charge in [0.1, 0.15) is 29.5 Å². The second kappa shape index (κ2) is 9.74. The smallest absolute Gasteiger partial charge is 0.224 e. The van der Waals surface area contributed by atoms with Gasteiger partial charge in [0.05, 0.1) is 7.11 Å². The summed E-state index contributed by atoms with van der Waals surface area (Å²) >= 11 is 0. The molecule has 32 heavy (non-hydrogen) atoms. The Morgan fingerprint density at radius 1 is 1.00 bits per heavy atom. The molecule has 2 N–H and O–H groups in total. The third-order valence-electron chi connectivity index (χ3n) is 4.97. The van der Waals surface area contributed by atoms with Crippen molar-refractivity contribution in [2.45, 2.75) is 19.8 Å². The van der Waals surface area contributed by atoms with Crippen LogP contribution in [0.3, 0.4) is 0 Å². The van der Waals surface area contributed by atoms with Crippen molar-refractivity contribution in [3.8, 4) is 11.6 Å². The monoisotopic (exact) mass is 428 g/mol. The largest absolute Gasteiger partial charge is 0.497 e. The van der Waals surface area contributed by atoms with Crippen molar-refractivity contribution in [1.29, 1.82) is 0 Å². The molecule has 8 heteroatoms. The van der Waals surface area contributed by atoms with Crippen molar-refractivity contribution in [3.05, 3.63) is 84.7 Å². The van der Waals surface area contributed by atoms with Gasteiger partial charge in [-0.3, -0.25) is 9.36 Å². The Morgan fingerprint density at radius 2 is 1.75 bits per heavy atom. The minimum atomic E-state index is -0.0299. The first-order chi connectivity index (χ1) is 15.6. The highest BCUT2D eigenvalue weighted by Crippen LogP contribution is 2.19. The fourth-order valence-corrected chi connectivity index (χ4v) is 3.23. The molecule has 0 radical (unpaired) electrons. The summed E-state index contributed by atoms with van der Waals surface area (Å²) in [6, 6.07) is 17.1. The number of nitrogens with one attached hydrogen (secondary N) is 2. The van der Waals surface area contributed by atoms with Crippen molar-refractivity contribution in [1.82, 2.24) is 19.5 Å². The summed E-state index contributed by atoms with van der Waals surface area (Å²) in [5, 5.41) is 6.19. The number of carbonyl (C=O) groups excluding carboxylic acids is 1. The Hall–Kier alpha value is -4.20. The highest BCUT2D eigenvalue weighted by Gasteiger charge is 2.06. The normalized spacial score (nSPS) is 10.6. The summed E-state index contributed by atoms with van der Waals surface area (Å²) in [7, 11) is 1.64. The molecule has 0 saturated carbocycles. The topological polar surface area (TPSA) is 94.0 Å². The molecule has 0 unspecified atom stereocenters. The van der Waals surface area contributed by atoms with E-state index in [9.17, 15) is 4.79 Å². The van der Waals surface area contributed by atoms with Crippen LogP contribution in [0.4, 0.5) is 17.2 Å². The van der Waals surface area contributed by atoms with Crippen LogP contribution < -0.4 is 15.4 Å². The van der Waals surface area contributed by atoms with E-state index in [0.717, 1.165) is 34.3 Å². The van der Waals surface area contributed by atoms with Crippen LogP contribution >= 0.6 is 0 Å². The van der Waals surface area contributed by atoms with Crippen molar-refractivity contribution < 1.29 is 9.53 Å². The lowest BCUT2D eigenvalue weighted by atomic mass is 10.1. The van der Waals surface area contributed by atoms with Crippen molar-refractivity contribution in [2.24, 2.45) is 0 Å². The standard InChI is InChI=1S/C24H24N6O2/c1-17-25-13-14-30(17)23-15-22(26-16-27-23)28-19-6-8-20(9-7-19)29-24(31)12-5-18-3-10-21(32-2)11-4-18/h3-4,6-11,13-16H,5,12H2,1-2H3,(H,29,31)(H,26,27,28). The molecule has 0 saturated heterocycles. The maximum atomic E-state index is 12.3. The van der Waals surface area contributed by atoms with E-state index in [0.29, 0.717) is 18.7 Å². The predicted octanol–water partition coefficient (Wildman–Crippen LogP) is 4.29. The molecule has 4 rings (SSSR count). The first kappa shape index (κ1) is 21.0. The molecule has 4 aromatic rings. The number of hydrogen-bond acceptors (Lipinski definition) is 6. The molecule has 0 atom stereocenters. The van der Waals surface area contributed by atoms with Crippen molar-refractivity contribution in [2.75, 3.05) is 17.7 Å². The van der Waals surface area contributed by atoms with E-state index in [1.54, 1.807) is 13.3 Å². The van der Waals surface area contributed by atoms with Gasteiger partial charge in [-0.25, -0.2) is 15.0 Å². The molecule has 1 amide bonds. The third-order valence-corrected chi connectivity index (χ3v) is 4.97. The SMILES string of the molecule is COc1ccc(CCC(=O)Nc2ccc(Nc3cc(-n4ccnc4C)ncn3)cc2)cc1. The van der Waals surface area contributed by atoms with Gasteiger partial charge in [-0.15, -0.1) is 0 Å². The zero-order chi connectivity index (χ0) is 22.3. The molecule has 2 aromatic carbocycles. The number of carbonyl (C=O) groups is 1. The summed E-state index contributed by atoms with van der Waals surface area (Å²) in [5.41, 5.74) is 2.69. The van der Waals surface area contributed by atoms with Crippen LogP contribution in [0.15, 0.2) is 73.3 Å². The molecule has 0 aliphatic carbocycles. The van der Waals surface area contributed by atoms with E-state index in [1.165, 1.54) is 6.33 Å². The molecular weight excluding hydrogens is 404 g/mol. The van der Waals surface area contributed by atoms with Gasteiger partial charge in [-0.05, 0) is 55.3 Å². The number of anilines is 3. The van der Waals surface area contributed by atoms with Crippen molar-refractivity contribution in [3.63, 3.8) is 0 Å². The summed E-state index contributed by atoms with van der Waals surface area (Å²) in [5.74, 6) is 3.03. The van der Waals surface area contributed by atoms with Gasteiger partial charge in [0.15, 0.2) is 0 Å². The summed E-state index contributed by atoms with van der Waals surface area (Å²) < 4.78 is 7.04. The van der Waals surface area contributed by atoms with Crippen LogP contribution in [-0.4, -0.2) is 32.5 Å². The van der Waals surface area contributed by atoms with Gasteiger partial charge in [0, 0.05) is 36.3 Å². The molecule has 0 aliphatic heterocycles. The second-order valence-corrected chi connectivity index (χ2v) is 7.20. The van der Waals surface area contributed by atoms with Gasteiger partial charge < -0.3 is 15.4 Å². The summed E-state index contributed by atoms with van der Waals surface area (Å²) in [4.78, 5) is 25.1. The Labute approximate surface area is 186 Å². The number of ether oxygens (including phenoxy) is 1. The van der Waals surface area contributed by atoms with Crippen molar-refractivity contribution >= 4 is 23.1 Å². The average molecular weight is 428 g/mol. The van der Waals surface area contributed by atoms with Crippen LogP contribution in [0, 0.1) is 6.92 Å². The summed E-state index contributed by atoms with van der Waals surface area (Å²) in [6.07, 6.45) is 6.17. The Morgan fingerprint density at radius 3 is 2.44 bits per heavy atom. The molecule has 2 aromatic heterocycles. The zero-order valence-corrected chi connectivity index (χ0v) is 17.9. The quantitative estimate of drug-likeness (QED) is 0.435. The number of aromatic nitrogens is 4. The van der Waals surface area contributed by atoms with E-state index in [2.05, 4.69) is 25.6 Å². The van der Waals surface area contributed by atoms with E-state index < -0.39 is 0 Å². The van der Waals surface area contributed by atoms with E-state index in [4.69, 9.17) is 4.74 Å². The molecule has 0 fully saturated rings. The van der Waals surface area contributed by atoms with E-state index in [1.807, 2.05) is 72.3 Å². The first-order valence-electron chi connectivity index (χ1n) is 10.2. The van der Waals surface area contributed by atoms with Crippen LogP contribution in [0.5, 0.6) is 5.75 Å². The Balaban J connectivity index is 1.32. The van der Waals surface area contributed by atoms with Crippen LogP contribution in [-0.2, 0) is 11.2 Å². The second-order valence-electron chi connectivity index (χ2n) is 7.20. The van der Waals surface area contributed by atoms with Gasteiger partial charge in [-0.1, -0.05) is 12.1 Å². The van der Waals surface area contributed by atoms with Gasteiger partial charge in [0.25, 0.3) is 0 Å². The number of nitrogens with zero attached hydrogens (tertiary/aromatic N) is 4. The highest BCUT2D eigenvalue weighted by molar-refractivity contribution is 5.91. The Bertz CT molecular complexity index is 1190. The lowest BCUT2D eigenvalue weighted by molar-refractivity contribution is -0.116. The van der Waals surface area contributed by atoms with E-state index >= 15 is 0 Å². The molecule has 0 spiro atoms. The molecule has 162 valence electrons. The van der Waals surface area contributed by atoms with Crippen LogP contribution in [0.1, 0.15) is 17.8 Å². The maximum Gasteiger partial charge on any atom is 0.224 e. The highest BCUT2D eigenvalue weighted by atomic mass is 16.5. The van der Waals surface area contributed by atoms with Crippen LogP contribution in [0.2, 0.25) is 0 Å². The number of benzene rings is 2. The number of rotatable bonds is 8. The van der Waals surface area contributed by atoms with E-state index in [-0.39, 0.29) is 5.91 Å². The van der Waals surface area contributed by atoms with Gasteiger partial charge in [0.2, 0.25) is 5.91 Å². The van der Waals surface area contributed by atoms with Gasteiger partial charge >= 0.3 is 0 Å². The summed E-state index contributed by atoms with van der Waals surface area (Å²) in [6.45, 7) is 1.92. The lowest BCUT2D eigenvalue weighted by Gasteiger charge is -2.10. The van der Waals surface area contributed by atoms with Crippen LogP contribution in [0.25, 0.3) is 5.82 Å². The number of imidazole rings is 1. The third kappa shape index (κ3) is 5.28. The number of hydrogen-bond donors (Lipinski definition) is 2. The minimum Gasteiger partial charge on any atom is -0.497 e. The molecule has 8 nitrogen and oxygen atoms in total. The fraction of sp³-hybridized carbons (Fsp3) is 0.167. The minimum absolute atomic E-state index is 0.0299. The Kier molecular flexibility index (Phi) is 6.41. The fourth-order valence-electron chi connectivity index (χ4n) is 3.23. The number of amides is 1. The molecular formula is C24H24N6O2. The number of methoxy groups -OCH3 is 1. The maximum absolute atomic E-state index is 12.3. The van der Waals surface area contributed by atoms with Gasteiger partial charge in [-0.2, -0.15) is 0 Å².